The van der Waals surface area contributed by atoms with Gasteiger partial charge in [0.1, 0.15) is 11.6 Å². The predicted octanol–water partition coefficient (Wildman–Crippen LogP) is 1.98. The molecule has 1 amide bonds. The number of H-pyrrole nitrogens is 1. The SMILES string of the molecule is C[C@](O)(C(=O)NCCn1c(C2CC2)n[nH]c1=S)c1cccc(F)c1. The summed E-state index contributed by atoms with van der Waals surface area (Å²) in [5.74, 6) is 0.255. The third-order valence-corrected chi connectivity index (χ3v) is 4.49. The van der Waals surface area contributed by atoms with Crippen LogP contribution in [0, 0.1) is 10.6 Å². The van der Waals surface area contributed by atoms with Crippen molar-refractivity contribution in [2.45, 2.75) is 37.8 Å². The van der Waals surface area contributed by atoms with Crippen LogP contribution in [0.3, 0.4) is 0 Å². The van der Waals surface area contributed by atoms with E-state index in [1.165, 1.54) is 25.1 Å². The van der Waals surface area contributed by atoms with E-state index in [4.69, 9.17) is 12.2 Å². The number of nitrogens with zero attached hydrogens (tertiary/aromatic N) is 2. The number of benzene rings is 1. The van der Waals surface area contributed by atoms with Crippen LogP contribution >= 0.6 is 12.2 Å². The standard InChI is InChI=1S/C16H19FN4O2S/c1-16(23,11-3-2-4-12(17)9-11)14(22)18-7-8-21-13(10-5-6-10)19-20-15(21)24/h2-4,9-10,23H,5-8H2,1H3,(H,18,22)(H,20,24)/t16-/m1/s1. The van der Waals surface area contributed by atoms with Crippen LogP contribution in [0.15, 0.2) is 24.3 Å². The second-order valence-corrected chi connectivity index (χ2v) is 6.54. The molecule has 128 valence electrons. The average Bonchev–Trinajstić information content (AvgIpc) is 3.32. The van der Waals surface area contributed by atoms with Crippen molar-refractivity contribution in [3.63, 3.8) is 0 Å². The topological polar surface area (TPSA) is 82.9 Å². The highest BCUT2D eigenvalue weighted by atomic mass is 32.1. The fourth-order valence-electron chi connectivity index (χ4n) is 2.57. The van der Waals surface area contributed by atoms with Gasteiger partial charge in [-0.3, -0.25) is 9.89 Å². The van der Waals surface area contributed by atoms with Crippen LogP contribution in [0.1, 0.15) is 37.1 Å². The number of hydrogen-bond donors (Lipinski definition) is 3. The van der Waals surface area contributed by atoms with E-state index in [1.54, 1.807) is 0 Å². The van der Waals surface area contributed by atoms with Gasteiger partial charge in [0.15, 0.2) is 10.4 Å². The molecule has 1 aliphatic rings. The number of aromatic amines is 1. The van der Waals surface area contributed by atoms with Crippen molar-refractivity contribution in [3.05, 3.63) is 46.2 Å². The second kappa shape index (κ2) is 6.45. The van der Waals surface area contributed by atoms with Gasteiger partial charge in [-0.15, -0.1) is 0 Å². The molecule has 8 heteroatoms. The first kappa shape index (κ1) is 16.8. The largest absolute Gasteiger partial charge is 0.376 e. The zero-order valence-corrected chi connectivity index (χ0v) is 14.1. The predicted molar refractivity (Wildman–Crippen MR) is 88.4 cm³/mol. The van der Waals surface area contributed by atoms with Crippen LogP contribution in [-0.4, -0.2) is 32.3 Å². The third-order valence-electron chi connectivity index (χ3n) is 4.18. The lowest BCUT2D eigenvalue weighted by molar-refractivity contribution is -0.139. The number of carbonyl (C=O) groups excluding carboxylic acids is 1. The molecule has 1 atom stereocenters. The van der Waals surface area contributed by atoms with Crippen molar-refractivity contribution in [2.75, 3.05) is 6.54 Å². The average molecular weight is 350 g/mol. The van der Waals surface area contributed by atoms with E-state index in [1.807, 2.05) is 4.57 Å². The Labute approximate surface area is 143 Å². The number of aliphatic hydroxyl groups is 1. The van der Waals surface area contributed by atoms with Crippen LogP contribution in [0.25, 0.3) is 0 Å². The van der Waals surface area contributed by atoms with Gasteiger partial charge in [-0.05, 0) is 49.7 Å². The highest BCUT2D eigenvalue weighted by molar-refractivity contribution is 7.71. The zero-order valence-electron chi connectivity index (χ0n) is 13.3. The number of rotatable bonds is 6. The number of amides is 1. The molecular weight excluding hydrogens is 331 g/mol. The van der Waals surface area contributed by atoms with Gasteiger partial charge < -0.3 is 15.0 Å². The maximum Gasteiger partial charge on any atom is 0.256 e. The van der Waals surface area contributed by atoms with Gasteiger partial charge in [0, 0.05) is 19.0 Å². The van der Waals surface area contributed by atoms with E-state index in [2.05, 4.69) is 15.5 Å². The first-order chi connectivity index (χ1) is 11.4. The lowest BCUT2D eigenvalue weighted by Crippen LogP contribution is -2.43. The highest BCUT2D eigenvalue weighted by Gasteiger charge is 2.33. The van der Waals surface area contributed by atoms with Crippen molar-refractivity contribution in [3.8, 4) is 0 Å². The summed E-state index contributed by atoms with van der Waals surface area (Å²) in [6, 6.07) is 5.38. The van der Waals surface area contributed by atoms with Gasteiger partial charge in [0.25, 0.3) is 5.91 Å². The molecule has 6 nitrogen and oxygen atoms in total. The summed E-state index contributed by atoms with van der Waals surface area (Å²) >= 11 is 5.20. The normalized spacial score (nSPS) is 16.6. The lowest BCUT2D eigenvalue weighted by atomic mass is 9.95. The van der Waals surface area contributed by atoms with E-state index < -0.39 is 17.3 Å². The summed E-state index contributed by atoms with van der Waals surface area (Å²) in [6.45, 7) is 2.10. The second-order valence-electron chi connectivity index (χ2n) is 6.15. The minimum Gasteiger partial charge on any atom is -0.376 e. The molecule has 1 aliphatic carbocycles. The smallest absolute Gasteiger partial charge is 0.256 e. The summed E-state index contributed by atoms with van der Waals surface area (Å²) in [4.78, 5) is 12.3. The van der Waals surface area contributed by atoms with Gasteiger partial charge >= 0.3 is 0 Å². The molecule has 3 N–H and O–H groups in total. The minimum atomic E-state index is -1.81. The molecule has 3 rings (SSSR count). The molecule has 0 bridgehead atoms. The molecule has 1 heterocycles. The van der Waals surface area contributed by atoms with E-state index in [9.17, 15) is 14.3 Å². The van der Waals surface area contributed by atoms with Gasteiger partial charge in [0.2, 0.25) is 0 Å². The molecule has 1 aromatic carbocycles. The molecular formula is C16H19FN4O2S. The molecule has 24 heavy (non-hydrogen) atoms. The lowest BCUT2D eigenvalue weighted by Gasteiger charge is -2.23. The number of halogens is 1. The summed E-state index contributed by atoms with van der Waals surface area (Å²) in [6.07, 6.45) is 2.19. The molecule has 0 spiro atoms. The van der Waals surface area contributed by atoms with Crippen molar-refractivity contribution in [1.29, 1.82) is 0 Å². The first-order valence-corrected chi connectivity index (χ1v) is 8.22. The number of aromatic nitrogens is 3. The fourth-order valence-corrected chi connectivity index (χ4v) is 2.81. The summed E-state index contributed by atoms with van der Waals surface area (Å²) in [7, 11) is 0. The number of hydrogen-bond acceptors (Lipinski definition) is 4. The van der Waals surface area contributed by atoms with Crippen LogP contribution in [0.2, 0.25) is 0 Å². The van der Waals surface area contributed by atoms with Crippen molar-refractivity contribution in [1.82, 2.24) is 20.1 Å². The Bertz CT molecular complexity index is 810. The number of nitrogens with one attached hydrogen (secondary N) is 2. The van der Waals surface area contributed by atoms with Gasteiger partial charge in [-0.2, -0.15) is 5.10 Å². The molecule has 1 aromatic heterocycles. The zero-order chi connectivity index (χ0) is 17.3. The van der Waals surface area contributed by atoms with Gasteiger partial charge in [-0.1, -0.05) is 12.1 Å². The Morgan fingerprint density at radius 1 is 1.58 bits per heavy atom. The maximum atomic E-state index is 13.3. The molecule has 0 unspecified atom stereocenters. The molecule has 0 saturated heterocycles. The third kappa shape index (κ3) is 3.39. The van der Waals surface area contributed by atoms with Crippen LogP contribution in [0.4, 0.5) is 4.39 Å². The van der Waals surface area contributed by atoms with Crippen LogP contribution in [-0.2, 0) is 16.9 Å². The Hall–Kier alpha value is -2.06. The molecule has 0 aliphatic heterocycles. The van der Waals surface area contributed by atoms with E-state index in [-0.39, 0.29) is 12.1 Å². The van der Waals surface area contributed by atoms with Crippen LogP contribution < -0.4 is 5.32 Å². The van der Waals surface area contributed by atoms with E-state index >= 15 is 0 Å². The summed E-state index contributed by atoms with van der Waals surface area (Å²) < 4.78 is 15.7. The van der Waals surface area contributed by atoms with Crippen LogP contribution in [0.5, 0.6) is 0 Å². The molecule has 0 radical (unpaired) electrons. The number of carbonyl (C=O) groups is 1. The Morgan fingerprint density at radius 3 is 3.00 bits per heavy atom. The first-order valence-electron chi connectivity index (χ1n) is 7.81. The van der Waals surface area contributed by atoms with E-state index in [0.29, 0.717) is 17.2 Å². The summed E-state index contributed by atoms with van der Waals surface area (Å²) in [5.41, 5.74) is -1.60. The Morgan fingerprint density at radius 2 is 2.33 bits per heavy atom. The molecule has 1 saturated carbocycles. The minimum absolute atomic E-state index is 0.207. The highest BCUT2D eigenvalue weighted by Crippen LogP contribution is 2.38. The van der Waals surface area contributed by atoms with Gasteiger partial charge in [0.05, 0.1) is 0 Å². The van der Waals surface area contributed by atoms with Crippen molar-refractivity contribution in [2.24, 2.45) is 0 Å². The maximum absolute atomic E-state index is 13.3. The summed E-state index contributed by atoms with van der Waals surface area (Å²) in [5, 5.41) is 20.1. The Balaban J connectivity index is 1.63. The molecule has 2 aromatic rings. The van der Waals surface area contributed by atoms with Gasteiger partial charge in [-0.25, -0.2) is 4.39 Å². The quantitative estimate of drug-likeness (QED) is 0.696. The fraction of sp³-hybridized carbons (Fsp3) is 0.438. The molecule has 1 fully saturated rings. The van der Waals surface area contributed by atoms with Crippen molar-refractivity contribution < 1.29 is 14.3 Å². The van der Waals surface area contributed by atoms with E-state index in [0.717, 1.165) is 24.7 Å². The Kier molecular flexibility index (Phi) is 4.51. The monoisotopic (exact) mass is 350 g/mol. The van der Waals surface area contributed by atoms with Crippen molar-refractivity contribution >= 4 is 18.1 Å².